The van der Waals surface area contributed by atoms with Crippen molar-refractivity contribution in [2.75, 3.05) is 52.1 Å². The lowest BCUT2D eigenvalue weighted by Gasteiger charge is -2.44. The molecule has 1 aromatic carbocycles. The molecule has 2 N–H and O–H groups in total. The van der Waals surface area contributed by atoms with Crippen LogP contribution in [0.25, 0.3) is 10.1 Å². The Labute approximate surface area is 220 Å². The van der Waals surface area contributed by atoms with Gasteiger partial charge in [0.25, 0.3) is 17.7 Å². The number of hydrogen-bond acceptors (Lipinski definition) is 6. The van der Waals surface area contributed by atoms with E-state index in [-0.39, 0.29) is 29.8 Å². The summed E-state index contributed by atoms with van der Waals surface area (Å²) in [4.78, 5) is 56.2. The highest BCUT2D eigenvalue weighted by Crippen LogP contribution is 2.41. The van der Waals surface area contributed by atoms with E-state index in [2.05, 4.69) is 15.5 Å². The fraction of sp³-hybridized carbons (Fsp3) is 0.538. The van der Waals surface area contributed by atoms with Crippen molar-refractivity contribution in [1.82, 2.24) is 25.1 Å². The minimum Gasteiger partial charge on any atom is -0.338 e. The molecule has 0 unspecified atom stereocenters. The van der Waals surface area contributed by atoms with E-state index in [0.717, 1.165) is 35.9 Å². The monoisotopic (exact) mass is 526 g/mol. The first kappa shape index (κ1) is 25.5. The topological polar surface area (TPSA) is 105 Å². The van der Waals surface area contributed by atoms with Gasteiger partial charge in [0.2, 0.25) is 0 Å². The molecule has 1 aromatic heterocycles. The highest BCUT2D eigenvalue weighted by molar-refractivity contribution is 7.23. The van der Waals surface area contributed by atoms with E-state index in [1.807, 2.05) is 36.1 Å². The number of hydrazine groups is 1. The van der Waals surface area contributed by atoms with Crippen LogP contribution >= 0.6 is 11.3 Å². The standard InChI is InChI=1S/C26H34N6O4S/c1-4-27-25(36)28-21-20(18-8-5-6-9-19(18)37-21)22(33)31-14-10-17(11-15-31)32-13-7-12-26(16-32)23(34)29(2)30(3)24(26)35/h5-6,8-9,17H,4,7,10-16H2,1-3H3,(H2,27,28,36). The molecule has 37 heavy (non-hydrogen) atoms. The van der Waals surface area contributed by atoms with Gasteiger partial charge in [-0.3, -0.25) is 34.6 Å². The number of amides is 5. The number of carbonyl (C=O) groups excluding carboxylic acids is 4. The Kier molecular flexibility index (Phi) is 6.84. The molecule has 10 nitrogen and oxygen atoms in total. The maximum Gasteiger partial charge on any atom is 0.319 e. The zero-order valence-electron chi connectivity index (χ0n) is 21.6. The average Bonchev–Trinajstić information content (AvgIpc) is 3.34. The number of carbonyl (C=O) groups is 4. The second-order valence-corrected chi connectivity index (χ2v) is 11.2. The summed E-state index contributed by atoms with van der Waals surface area (Å²) in [6, 6.07) is 7.60. The van der Waals surface area contributed by atoms with Crippen LogP contribution in [0.1, 0.15) is 43.0 Å². The van der Waals surface area contributed by atoms with Crippen LogP contribution in [0, 0.1) is 5.41 Å². The van der Waals surface area contributed by atoms with Crippen LogP contribution in [0.15, 0.2) is 24.3 Å². The highest BCUT2D eigenvalue weighted by Gasteiger charge is 2.58. The lowest BCUT2D eigenvalue weighted by Crippen LogP contribution is -2.56. The lowest BCUT2D eigenvalue weighted by molar-refractivity contribution is -0.143. The fourth-order valence-electron chi connectivity index (χ4n) is 5.98. The van der Waals surface area contributed by atoms with Gasteiger partial charge in [0.15, 0.2) is 0 Å². The fourth-order valence-corrected chi connectivity index (χ4v) is 7.07. The minimum atomic E-state index is -0.982. The lowest BCUT2D eigenvalue weighted by atomic mass is 9.78. The van der Waals surface area contributed by atoms with Crippen molar-refractivity contribution in [3.05, 3.63) is 29.8 Å². The van der Waals surface area contributed by atoms with Gasteiger partial charge >= 0.3 is 6.03 Å². The van der Waals surface area contributed by atoms with Gasteiger partial charge in [0.05, 0.1) is 5.56 Å². The third-order valence-corrected chi connectivity index (χ3v) is 9.11. The SMILES string of the molecule is CCNC(=O)Nc1sc2ccccc2c1C(=O)N1CCC(N2CCCC3(C2)C(=O)N(C)N(C)C3=O)CC1. The van der Waals surface area contributed by atoms with E-state index < -0.39 is 5.41 Å². The highest BCUT2D eigenvalue weighted by atomic mass is 32.1. The number of urea groups is 1. The van der Waals surface area contributed by atoms with Crippen LogP contribution in [0.2, 0.25) is 0 Å². The summed E-state index contributed by atoms with van der Waals surface area (Å²) in [7, 11) is 3.31. The Bertz CT molecular complexity index is 1220. The van der Waals surface area contributed by atoms with Gasteiger partial charge in [-0.2, -0.15) is 0 Å². The Morgan fingerprint density at radius 2 is 1.73 bits per heavy atom. The van der Waals surface area contributed by atoms with Gasteiger partial charge in [0.1, 0.15) is 10.4 Å². The Balaban J connectivity index is 1.29. The van der Waals surface area contributed by atoms with E-state index in [1.54, 1.807) is 14.1 Å². The Morgan fingerprint density at radius 1 is 1.05 bits per heavy atom. The summed E-state index contributed by atoms with van der Waals surface area (Å²) in [6.07, 6.45) is 2.93. The van der Waals surface area contributed by atoms with Crippen LogP contribution in [-0.4, -0.2) is 96.4 Å². The third kappa shape index (κ3) is 4.33. The first-order valence-corrected chi connectivity index (χ1v) is 13.7. The second-order valence-electron chi connectivity index (χ2n) is 10.1. The summed E-state index contributed by atoms with van der Waals surface area (Å²) in [5, 5.41) is 9.87. The zero-order valence-corrected chi connectivity index (χ0v) is 22.4. The number of anilines is 1. The van der Waals surface area contributed by atoms with Gasteiger partial charge in [-0.1, -0.05) is 18.2 Å². The van der Waals surface area contributed by atoms with E-state index in [4.69, 9.17) is 0 Å². The average molecular weight is 527 g/mol. The number of nitrogens with one attached hydrogen (secondary N) is 2. The molecule has 3 aliphatic heterocycles. The number of hydrogen-bond donors (Lipinski definition) is 2. The number of piperidine rings is 2. The van der Waals surface area contributed by atoms with Crippen LogP contribution in [0.5, 0.6) is 0 Å². The van der Waals surface area contributed by atoms with E-state index in [0.29, 0.717) is 43.2 Å². The molecule has 11 heteroatoms. The summed E-state index contributed by atoms with van der Waals surface area (Å²) in [6.45, 7) is 4.80. The van der Waals surface area contributed by atoms with E-state index in [1.165, 1.54) is 21.4 Å². The van der Waals surface area contributed by atoms with Crippen LogP contribution in [-0.2, 0) is 9.59 Å². The molecule has 0 bridgehead atoms. The zero-order chi connectivity index (χ0) is 26.3. The second kappa shape index (κ2) is 9.94. The summed E-state index contributed by atoms with van der Waals surface area (Å²) in [5.74, 6) is -0.315. The van der Waals surface area contributed by atoms with Gasteiger partial charge < -0.3 is 10.2 Å². The molecular weight excluding hydrogens is 492 g/mol. The quantitative estimate of drug-likeness (QED) is 0.596. The molecule has 5 amide bonds. The van der Waals surface area contributed by atoms with Crippen LogP contribution in [0.4, 0.5) is 9.80 Å². The molecule has 3 fully saturated rings. The number of likely N-dealkylation sites (tertiary alicyclic amines) is 2. The molecule has 3 aliphatic rings. The first-order chi connectivity index (χ1) is 17.8. The largest absolute Gasteiger partial charge is 0.338 e. The molecule has 0 aliphatic carbocycles. The molecule has 0 atom stereocenters. The number of thiophene rings is 1. The molecular formula is C26H34N6O4S. The molecule has 5 rings (SSSR count). The maximum absolute atomic E-state index is 13.7. The smallest absolute Gasteiger partial charge is 0.319 e. The van der Waals surface area contributed by atoms with Crippen molar-refractivity contribution in [1.29, 1.82) is 0 Å². The van der Waals surface area contributed by atoms with Gasteiger partial charge in [-0.15, -0.1) is 11.3 Å². The summed E-state index contributed by atoms with van der Waals surface area (Å²) >= 11 is 1.41. The number of rotatable bonds is 4. The summed E-state index contributed by atoms with van der Waals surface area (Å²) in [5.41, 5.74) is -0.445. The van der Waals surface area contributed by atoms with E-state index >= 15 is 0 Å². The van der Waals surface area contributed by atoms with Gasteiger partial charge in [0, 0.05) is 56.4 Å². The van der Waals surface area contributed by atoms with E-state index in [9.17, 15) is 19.2 Å². The van der Waals surface area contributed by atoms with Gasteiger partial charge in [-0.05, 0) is 45.2 Å². The number of benzene rings is 1. The molecule has 1 spiro atoms. The minimum absolute atomic E-state index is 0.0813. The van der Waals surface area contributed by atoms with Crippen molar-refractivity contribution in [2.24, 2.45) is 5.41 Å². The molecule has 2 aromatic rings. The molecule has 4 heterocycles. The molecule has 0 saturated carbocycles. The van der Waals surface area contributed by atoms with Crippen molar-refractivity contribution < 1.29 is 19.2 Å². The Morgan fingerprint density at radius 3 is 2.41 bits per heavy atom. The van der Waals surface area contributed by atoms with Crippen molar-refractivity contribution in [2.45, 2.75) is 38.6 Å². The first-order valence-electron chi connectivity index (χ1n) is 12.9. The number of nitrogens with zero attached hydrogens (tertiary/aromatic N) is 4. The maximum atomic E-state index is 13.7. The summed E-state index contributed by atoms with van der Waals surface area (Å²) < 4.78 is 0.951. The Hall–Kier alpha value is -3.18. The van der Waals surface area contributed by atoms with Crippen LogP contribution in [0.3, 0.4) is 0 Å². The predicted octanol–water partition coefficient (Wildman–Crippen LogP) is 2.57. The van der Waals surface area contributed by atoms with Crippen LogP contribution < -0.4 is 10.6 Å². The normalized spacial score (nSPS) is 20.8. The van der Waals surface area contributed by atoms with Gasteiger partial charge in [-0.25, -0.2) is 4.79 Å². The molecule has 3 saturated heterocycles. The van der Waals surface area contributed by atoms with Crippen molar-refractivity contribution in [3.63, 3.8) is 0 Å². The van der Waals surface area contributed by atoms with Crippen molar-refractivity contribution >= 4 is 50.2 Å². The van der Waals surface area contributed by atoms with Crippen molar-refractivity contribution in [3.8, 4) is 0 Å². The predicted molar refractivity (Wildman–Crippen MR) is 142 cm³/mol. The third-order valence-electron chi connectivity index (χ3n) is 8.02. The molecule has 0 radical (unpaired) electrons. The molecule has 198 valence electrons. The number of fused-ring (bicyclic) bond motifs is 1.